The molecule has 0 bridgehead atoms. The first kappa shape index (κ1) is 16.2. The predicted octanol–water partition coefficient (Wildman–Crippen LogP) is 3.75. The molecule has 0 atom stereocenters. The maximum absolute atomic E-state index is 12.4. The van der Waals surface area contributed by atoms with E-state index in [4.69, 9.17) is 4.74 Å². The van der Waals surface area contributed by atoms with Gasteiger partial charge in [-0.3, -0.25) is 9.59 Å². The van der Waals surface area contributed by atoms with Crippen LogP contribution >= 0.6 is 0 Å². The zero-order chi connectivity index (χ0) is 14.7. The van der Waals surface area contributed by atoms with E-state index in [0.717, 1.165) is 25.7 Å². The summed E-state index contributed by atoms with van der Waals surface area (Å²) < 4.78 is 4.92. The van der Waals surface area contributed by atoms with Crippen molar-refractivity contribution in [3.05, 3.63) is 0 Å². The Morgan fingerprint density at radius 2 is 1.58 bits per heavy atom. The van der Waals surface area contributed by atoms with Gasteiger partial charge in [0.05, 0.1) is 7.11 Å². The van der Waals surface area contributed by atoms with Gasteiger partial charge in [0.2, 0.25) is 0 Å². The highest BCUT2D eigenvalue weighted by Gasteiger charge is 2.62. The molecule has 0 amide bonds. The lowest BCUT2D eigenvalue weighted by atomic mass is 9.47. The molecular weight excluding hydrogens is 240 g/mol. The topological polar surface area (TPSA) is 43.4 Å². The highest BCUT2D eigenvalue weighted by atomic mass is 16.5. The van der Waals surface area contributed by atoms with Crippen molar-refractivity contribution in [1.29, 1.82) is 0 Å². The van der Waals surface area contributed by atoms with E-state index in [0.29, 0.717) is 12.8 Å². The predicted molar refractivity (Wildman–Crippen MR) is 75.8 cm³/mol. The van der Waals surface area contributed by atoms with Crippen LogP contribution in [0.25, 0.3) is 0 Å². The summed E-state index contributed by atoms with van der Waals surface area (Å²) in [5.74, 6) is -0.378. The first-order valence-electron chi connectivity index (χ1n) is 7.50. The summed E-state index contributed by atoms with van der Waals surface area (Å²) in [6, 6.07) is 0. The second-order valence-electron chi connectivity index (χ2n) is 6.45. The largest absolute Gasteiger partial charge is 0.468 e. The zero-order valence-corrected chi connectivity index (χ0v) is 13.0. The zero-order valence-electron chi connectivity index (χ0n) is 13.0. The fourth-order valence-electron chi connectivity index (χ4n) is 3.93. The minimum Gasteiger partial charge on any atom is -0.468 e. The molecule has 0 spiro atoms. The number of esters is 1. The molecule has 0 aromatic rings. The van der Waals surface area contributed by atoms with Gasteiger partial charge in [0.15, 0.2) is 5.78 Å². The van der Waals surface area contributed by atoms with Gasteiger partial charge in [0, 0.05) is 5.92 Å². The molecule has 1 aliphatic rings. The molecule has 1 aliphatic carbocycles. The summed E-state index contributed by atoms with van der Waals surface area (Å²) in [6.45, 7) is 8.07. The lowest BCUT2D eigenvalue weighted by Gasteiger charge is -2.54. The highest BCUT2D eigenvalue weighted by molar-refractivity contribution is 6.05. The third-order valence-electron chi connectivity index (χ3n) is 4.49. The average Bonchev–Trinajstić information content (AvgIpc) is 2.33. The Bertz CT molecular complexity index is 330. The van der Waals surface area contributed by atoms with Gasteiger partial charge in [0.25, 0.3) is 0 Å². The standard InChI is InChI=1S/C16H28O3/c1-6-8-15(9-7-2)10-16(11-15,14(18)19-5)13(17)12(3)4/h12H,6-11H2,1-5H3. The average molecular weight is 268 g/mol. The van der Waals surface area contributed by atoms with Crippen molar-refractivity contribution in [2.75, 3.05) is 7.11 Å². The molecule has 3 heteroatoms. The van der Waals surface area contributed by atoms with Crippen molar-refractivity contribution < 1.29 is 14.3 Å². The van der Waals surface area contributed by atoms with Gasteiger partial charge >= 0.3 is 5.97 Å². The molecule has 0 aromatic heterocycles. The summed E-state index contributed by atoms with van der Waals surface area (Å²) in [5, 5.41) is 0. The molecule has 0 unspecified atom stereocenters. The second-order valence-corrected chi connectivity index (χ2v) is 6.45. The molecule has 0 radical (unpaired) electrons. The van der Waals surface area contributed by atoms with Gasteiger partial charge in [-0.2, -0.15) is 0 Å². The lowest BCUT2D eigenvalue weighted by Crippen LogP contribution is -2.57. The third-order valence-corrected chi connectivity index (χ3v) is 4.49. The number of carbonyl (C=O) groups excluding carboxylic acids is 2. The number of carbonyl (C=O) groups is 2. The van der Waals surface area contributed by atoms with E-state index < -0.39 is 5.41 Å². The SMILES string of the molecule is CCCC1(CCC)CC(C(=O)OC)(C(=O)C(C)C)C1. The van der Waals surface area contributed by atoms with Gasteiger partial charge in [-0.05, 0) is 31.1 Å². The van der Waals surface area contributed by atoms with E-state index in [2.05, 4.69) is 13.8 Å². The van der Waals surface area contributed by atoms with E-state index in [1.54, 1.807) is 0 Å². The van der Waals surface area contributed by atoms with Gasteiger partial charge in [-0.1, -0.05) is 40.5 Å². The molecular formula is C16H28O3. The highest BCUT2D eigenvalue weighted by Crippen LogP contribution is 2.61. The molecule has 0 aliphatic heterocycles. The minimum atomic E-state index is -0.854. The molecule has 19 heavy (non-hydrogen) atoms. The van der Waals surface area contributed by atoms with Gasteiger partial charge in [-0.25, -0.2) is 0 Å². The number of methoxy groups -OCH3 is 1. The van der Waals surface area contributed by atoms with E-state index in [-0.39, 0.29) is 23.1 Å². The van der Waals surface area contributed by atoms with E-state index in [1.165, 1.54) is 7.11 Å². The maximum Gasteiger partial charge on any atom is 0.319 e. The molecule has 110 valence electrons. The van der Waals surface area contributed by atoms with Crippen LogP contribution in [0.15, 0.2) is 0 Å². The van der Waals surface area contributed by atoms with Crippen LogP contribution in [0, 0.1) is 16.7 Å². The Balaban J connectivity index is 2.95. The maximum atomic E-state index is 12.4. The minimum absolute atomic E-state index is 0.0576. The first-order chi connectivity index (χ1) is 8.87. The van der Waals surface area contributed by atoms with Crippen LogP contribution < -0.4 is 0 Å². The summed E-state index contributed by atoms with van der Waals surface area (Å²) in [4.78, 5) is 24.6. The molecule has 1 saturated carbocycles. The fraction of sp³-hybridized carbons (Fsp3) is 0.875. The Morgan fingerprint density at radius 3 is 1.89 bits per heavy atom. The first-order valence-corrected chi connectivity index (χ1v) is 7.50. The molecule has 1 rings (SSSR count). The normalized spacial score (nSPS) is 19.9. The van der Waals surface area contributed by atoms with Crippen molar-refractivity contribution in [1.82, 2.24) is 0 Å². The van der Waals surface area contributed by atoms with Crippen molar-refractivity contribution in [3.63, 3.8) is 0 Å². The molecule has 0 heterocycles. The van der Waals surface area contributed by atoms with Crippen LogP contribution in [0.5, 0.6) is 0 Å². The smallest absolute Gasteiger partial charge is 0.319 e. The number of ketones is 1. The van der Waals surface area contributed by atoms with E-state index in [9.17, 15) is 9.59 Å². The number of ether oxygens (including phenoxy) is 1. The second kappa shape index (κ2) is 6.06. The summed E-state index contributed by atoms with van der Waals surface area (Å²) in [6.07, 6.45) is 5.78. The molecule has 0 N–H and O–H groups in total. The molecule has 0 aromatic carbocycles. The molecule has 3 nitrogen and oxygen atoms in total. The van der Waals surface area contributed by atoms with Crippen LogP contribution in [0.2, 0.25) is 0 Å². The van der Waals surface area contributed by atoms with Crippen molar-refractivity contribution in [2.24, 2.45) is 16.7 Å². The number of Topliss-reactive ketones (excluding diaryl/α,β-unsaturated/α-hetero) is 1. The van der Waals surface area contributed by atoms with E-state index >= 15 is 0 Å². The summed E-state index contributed by atoms with van der Waals surface area (Å²) in [5.41, 5.74) is -0.671. The summed E-state index contributed by atoms with van der Waals surface area (Å²) >= 11 is 0. The van der Waals surface area contributed by atoms with Crippen LogP contribution in [0.4, 0.5) is 0 Å². The Morgan fingerprint density at radius 1 is 1.11 bits per heavy atom. The van der Waals surface area contributed by atoms with Crippen molar-refractivity contribution in [2.45, 2.75) is 66.2 Å². The third kappa shape index (κ3) is 2.85. The van der Waals surface area contributed by atoms with Gasteiger partial charge in [0.1, 0.15) is 5.41 Å². The Labute approximate surface area is 117 Å². The summed E-state index contributed by atoms with van der Waals surface area (Å²) in [7, 11) is 1.39. The number of hydrogen-bond acceptors (Lipinski definition) is 3. The molecule has 0 saturated heterocycles. The fourth-order valence-corrected chi connectivity index (χ4v) is 3.93. The Kier molecular flexibility index (Phi) is 5.17. The monoisotopic (exact) mass is 268 g/mol. The van der Waals surface area contributed by atoms with Crippen LogP contribution in [-0.4, -0.2) is 18.9 Å². The van der Waals surface area contributed by atoms with Crippen molar-refractivity contribution >= 4 is 11.8 Å². The van der Waals surface area contributed by atoms with Crippen LogP contribution in [-0.2, 0) is 14.3 Å². The van der Waals surface area contributed by atoms with Crippen LogP contribution in [0.3, 0.4) is 0 Å². The number of rotatable bonds is 7. The number of hydrogen-bond donors (Lipinski definition) is 0. The van der Waals surface area contributed by atoms with E-state index in [1.807, 2.05) is 13.8 Å². The lowest BCUT2D eigenvalue weighted by molar-refractivity contribution is -0.178. The van der Waals surface area contributed by atoms with Gasteiger partial charge in [-0.15, -0.1) is 0 Å². The van der Waals surface area contributed by atoms with Gasteiger partial charge < -0.3 is 4.74 Å². The van der Waals surface area contributed by atoms with Crippen LogP contribution in [0.1, 0.15) is 66.2 Å². The molecule has 1 fully saturated rings. The quantitative estimate of drug-likeness (QED) is 0.521. The Hall–Kier alpha value is -0.860. The van der Waals surface area contributed by atoms with Crippen molar-refractivity contribution in [3.8, 4) is 0 Å².